The van der Waals surface area contributed by atoms with Gasteiger partial charge < -0.3 is 20.6 Å². The molecule has 0 aromatic carbocycles. The van der Waals surface area contributed by atoms with Crippen LogP contribution in [0.15, 0.2) is 12.2 Å². The smallest absolute Gasteiger partial charge is 0.249 e. The molecule has 0 fully saturated rings. The summed E-state index contributed by atoms with van der Waals surface area (Å²) in [5.41, 5.74) is 0. The molecule has 0 rings (SSSR count). The normalized spacial score (nSPS) is 14.0. The molecule has 0 bridgehead atoms. The van der Waals surface area contributed by atoms with Gasteiger partial charge in [0.05, 0.1) is 18.8 Å². The van der Waals surface area contributed by atoms with Crippen LogP contribution in [0, 0.1) is 0 Å². The molecular formula is C36H71NO4. The zero-order chi connectivity index (χ0) is 30.2. The van der Waals surface area contributed by atoms with E-state index in [2.05, 4.69) is 19.2 Å². The minimum atomic E-state index is -1.09. The lowest BCUT2D eigenvalue weighted by atomic mass is 10.0. The molecule has 0 aliphatic carbocycles. The molecule has 5 heteroatoms. The largest absolute Gasteiger partial charge is 0.394 e. The summed E-state index contributed by atoms with van der Waals surface area (Å²) in [4.78, 5) is 12.4. The topological polar surface area (TPSA) is 89.8 Å². The maximum atomic E-state index is 12.4. The summed E-state index contributed by atoms with van der Waals surface area (Å²) in [6.07, 6.45) is 35.1. The predicted octanol–water partition coefficient (Wildman–Crippen LogP) is 9.31. The van der Waals surface area contributed by atoms with Gasteiger partial charge in [0.1, 0.15) is 6.10 Å². The standard InChI is InChI=1S/C36H71NO4/c1-3-5-7-9-11-13-15-17-18-19-21-23-25-27-29-31-35(40)36(41)37-33(32-38)34(39)30-28-26-24-22-20-16-14-12-10-8-6-4-2/h28,30,33-35,38-40H,3-27,29,31-32H2,1-2H3,(H,37,41)/b30-28+. The van der Waals surface area contributed by atoms with E-state index >= 15 is 0 Å². The molecule has 0 heterocycles. The molecule has 0 aliphatic rings. The van der Waals surface area contributed by atoms with E-state index in [0.29, 0.717) is 6.42 Å². The molecule has 4 N–H and O–H groups in total. The zero-order valence-electron chi connectivity index (χ0n) is 27.4. The summed E-state index contributed by atoms with van der Waals surface area (Å²) in [6, 6.07) is -0.790. The second-order valence-electron chi connectivity index (χ2n) is 12.4. The van der Waals surface area contributed by atoms with Crippen molar-refractivity contribution in [2.45, 2.75) is 205 Å². The first-order valence-corrected chi connectivity index (χ1v) is 18.0. The Morgan fingerprint density at radius 2 is 0.951 bits per heavy atom. The molecule has 3 unspecified atom stereocenters. The third kappa shape index (κ3) is 27.7. The third-order valence-electron chi connectivity index (χ3n) is 8.38. The number of aliphatic hydroxyl groups is 3. The molecule has 5 nitrogen and oxygen atoms in total. The van der Waals surface area contributed by atoms with Crippen molar-refractivity contribution in [1.29, 1.82) is 0 Å². The summed E-state index contributed by atoms with van der Waals surface area (Å²) in [7, 11) is 0. The van der Waals surface area contributed by atoms with Crippen LogP contribution in [-0.4, -0.2) is 46.1 Å². The molecule has 0 saturated carbocycles. The number of carbonyl (C=O) groups excluding carboxylic acids is 1. The highest BCUT2D eigenvalue weighted by Crippen LogP contribution is 2.15. The van der Waals surface area contributed by atoms with Gasteiger partial charge >= 0.3 is 0 Å². The van der Waals surface area contributed by atoms with Crippen molar-refractivity contribution in [3.8, 4) is 0 Å². The maximum absolute atomic E-state index is 12.4. The molecule has 3 atom stereocenters. The minimum Gasteiger partial charge on any atom is -0.394 e. The summed E-state index contributed by atoms with van der Waals surface area (Å²) in [5.74, 6) is -0.503. The quantitative estimate of drug-likeness (QED) is 0.0471. The highest BCUT2D eigenvalue weighted by atomic mass is 16.3. The lowest BCUT2D eigenvalue weighted by Gasteiger charge is -2.21. The van der Waals surface area contributed by atoms with Crippen LogP contribution < -0.4 is 5.32 Å². The lowest BCUT2D eigenvalue weighted by molar-refractivity contribution is -0.131. The van der Waals surface area contributed by atoms with Gasteiger partial charge in [0.2, 0.25) is 5.91 Å². The Bertz CT molecular complexity index is 568. The van der Waals surface area contributed by atoms with Crippen LogP contribution in [0.3, 0.4) is 0 Å². The molecule has 244 valence electrons. The Balaban J connectivity index is 3.73. The Kier molecular flexibility index (Phi) is 31.3. The average Bonchev–Trinajstić information content (AvgIpc) is 2.98. The van der Waals surface area contributed by atoms with Crippen molar-refractivity contribution in [3.05, 3.63) is 12.2 Å². The van der Waals surface area contributed by atoms with Crippen molar-refractivity contribution in [2.75, 3.05) is 6.61 Å². The number of aliphatic hydroxyl groups excluding tert-OH is 3. The lowest BCUT2D eigenvalue weighted by Crippen LogP contribution is -2.48. The zero-order valence-corrected chi connectivity index (χ0v) is 27.4. The number of amides is 1. The molecule has 0 saturated heterocycles. The highest BCUT2D eigenvalue weighted by Gasteiger charge is 2.22. The van der Waals surface area contributed by atoms with Crippen LogP contribution in [0.25, 0.3) is 0 Å². The number of rotatable bonds is 32. The van der Waals surface area contributed by atoms with Crippen LogP contribution in [0.5, 0.6) is 0 Å². The molecule has 1 amide bonds. The number of unbranched alkanes of at least 4 members (excludes halogenated alkanes) is 24. The number of nitrogens with one attached hydrogen (secondary N) is 1. The molecule has 0 aliphatic heterocycles. The highest BCUT2D eigenvalue weighted by molar-refractivity contribution is 5.80. The van der Waals surface area contributed by atoms with Crippen LogP contribution in [0.4, 0.5) is 0 Å². The summed E-state index contributed by atoms with van der Waals surface area (Å²) < 4.78 is 0. The van der Waals surface area contributed by atoms with Crippen molar-refractivity contribution in [3.63, 3.8) is 0 Å². The van der Waals surface area contributed by atoms with Crippen LogP contribution >= 0.6 is 0 Å². The van der Waals surface area contributed by atoms with E-state index in [1.165, 1.54) is 135 Å². The number of allylic oxidation sites excluding steroid dienone is 1. The predicted molar refractivity (Wildman–Crippen MR) is 176 cm³/mol. The van der Waals surface area contributed by atoms with Gasteiger partial charge in [-0.1, -0.05) is 180 Å². The van der Waals surface area contributed by atoms with Gasteiger partial charge in [0.25, 0.3) is 0 Å². The van der Waals surface area contributed by atoms with Crippen LogP contribution in [-0.2, 0) is 4.79 Å². The summed E-state index contributed by atoms with van der Waals surface area (Å²) in [6.45, 7) is 4.16. The first kappa shape index (κ1) is 40.1. The first-order valence-electron chi connectivity index (χ1n) is 18.0. The van der Waals surface area contributed by atoms with Crippen LogP contribution in [0.1, 0.15) is 187 Å². The second-order valence-corrected chi connectivity index (χ2v) is 12.4. The minimum absolute atomic E-state index is 0.360. The fourth-order valence-electron chi connectivity index (χ4n) is 5.48. The van der Waals surface area contributed by atoms with Gasteiger partial charge in [-0.15, -0.1) is 0 Å². The van der Waals surface area contributed by atoms with Crippen LogP contribution in [0.2, 0.25) is 0 Å². The van der Waals surface area contributed by atoms with Gasteiger partial charge in [-0.05, 0) is 19.3 Å². The molecule has 41 heavy (non-hydrogen) atoms. The Hall–Kier alpha value is -0.910. The Labute approximate surface area is 255 Å². The van der Waals surface area contributed by atoms with Gasteiger partial charge in [-0.25, -0.2) is 0 Å². The third-order valence-corrected chi connectivity index (χ3v) is 8.38. The molecule has 0 aromatic rings. The van der Waals surface area contributed by atoms with E-state index in [-0.39, 0.29) is 6.61 Å². The molecule has 0 radical (unpaired) electrons. The van der Waals surface area contributed by atoms with Gasteiger partial charge in [-0.3, -0.25) is 4.79 Å². The second kappa shape index (κ2) is 32.0. The monoisotopic (exact) mass is 582 g/mol. The van der Waals surface area contributed by atoms with Crippen molar-refractivity contribution in [2.24, 2.45) is 0 Å². The summed E-state index contributed by atoms with van der Waals surface area (Å²) >= 11 is 0. The fraction of sp³-hybridized carbons (Fsp3) is 0.917. The van der Waals surface area contributed by atoms with Crippen molar-refractivity contribution >= 4 is 5.91 Å². The van der Waals surface area contributed by atoms with E-state index in [4.69, 9.17) is 0 Å². The SMILES string of the molecule is CCCCCCCCCCCC/C=C/C(O)C(CO)NC(=O)C(O)CCCCCCCCCCCCCCCCC. The number of carbonyl (C=O) groups is 1. The Morgan fingerprint density at radius 3 is 1.34 bits per heavy atom. The van der Waals surface area contributed by atoms with Crippen molar-refractivity contribution < 1.29 is 20.1 Å². The van der Waals surface area contributed by atoms with E-state index < -0.39 is 24.2 Å². The van der Waals surface area contributed by atoms with E-state index in [1.54, 1.807) is 6.08 Å². The van der Waals surface area contributed by atoms with Crippen molar-refractivity contribution in [1.82, 2.24) is 5.32 Å². The fourth-order valence-corrected chi connectivity index (χ4v) is 5.48. The van der Waals surface area contributed by atoms with Gasteiger partial charge in [0.15, 0.2) is 0 Å². The van der Waals surface area contributed by atoms with E-state index in [0.717, 1.165) is 32.1 Å². The molecule has 0 spiro atoms. The van der Waals surface area contributed by atoms with E-state index in [1.807, 2.05) is 6.08 Å². The number of hydrogen-bond donors (Lipinski definition) is 4. The molecule has 0 aromatic heterocycles. The average molecular weight is 582 g/mol. The number of hydrogen-bond acceptors (Lipinski definition) is 4. The first-order chi connectivity index (χ1) is 20.1. The summed E-state index contributed by atoms with van der Waals surface area (Å²) in [5, 5.41) is 32.9. The van der Waals surface area contributed by atoms with Gasteiger partial charge in [0, 0.05) is 0 Å². The Morgan fingerprint density at radius 1 is 0.585 bits per heavy atom. The van der Waals surface area contributed by atoms with E-state index in [9.17, 15) is 20.1 Å². The molecular weight excluding hydrogens is 510 g/mol. The van der Waals surface area contributed by atoms with Gasteiger partial charge in [-0.2, -0.15) is 0 Å². The maximum Gasteiger partial charge on any atom is 0.249 e.